The molecule has 0 aromatic heterocycles. The maximum Gasteiger partial charge on any atom is 0.252 e. The van der Waals surface area contributed by atoms with Gasteiger partial charge in [-0.25, -0.2) is 0 Å². The van der Waals surface area contributed by atoms with Crippen molar-refractivity contribution in [1.29, 1.82) is 0 Å². The molecule has 2 unspecified atom stereocenters. The summed E-state index contributed by atoms with van der Waals surface area (Å²) < 4.78 is 0. The lowest BCUT2D eigenvalue weighted by Gasteiger charge is -2.12. The van der Waals surface area contributed by atoms with Crippen molar-refractivity contribution in [2.75, 3.05) is 13.2 Å². The Balaban J connectivity index is 2.05. The van der Waals surface area contributed by atoms with Crippen molar-refractivity contribution in [3.63, 3.8) is 0 Å². The summed E-state index contributed by atoms with van der Waals surface area (Å²) in [6, 6.07) is 5.62. The molecule has 0 aliphatic heterocycles. The van der Waals surface area contributed by atoms with Crippen LogP contribution in [0.1, 0.15) is 47.7 Å². The van der Waals surface area contributed by atoms with Gasteiger partial charge in [0.1, 0.15) is 6.61 Å². The second kappa shape index (κ2) is 7.28. The summed E-state index contributed by atoms with van der Waals surface area (Å²) in [4.78, 5) is 12.4. The van der Waals surface area contributed by atoms with Crippen molar-refractivity contribution in [1.82, 2.24) is 5.32 Å². The number of benzene rings is 1. The third-order valence-corrected chi connectivity index (χ3v) is 4.08. The number of aliphatic hydroxyl groups is 1. The van der Waals surface area contributed by atoms with Crippen LogP contribution in [0.15, 0.2) is 18.2 Å². The van der Waals surface area contributed by atoms with Crippen molar-refractivity contribution < 1.29 is 9.90 Å². The molecule has 2 rings (SSSR count). The van der Waals surface area contributed by atoms with Crippen LogP contribution in [-0.4, -0.2) is 24.2 Å². The predicted octanol–water partition coefficient (Wildman–Crippen LogP) is 2.50. The summed E-state index contributed by atoms with van der Waals surface area (Å²) in [5, 5.41) is 11.8. The van der Waals surface area contributed by atoms with E-state index in [0.717, 1.165) is 18.0 Å². The van der Waals surface area contributed by atoms with E-state index in [0.29, 0.717) is 17.0 Å². The lowest BCUT2D eigenvalue weighted by Crippen LogP contribution is -2.29. The number of aryl methyl sites for hydroxylation is 1. The summed E-state index contributed by atoms with van der Waals surface area (Å²) >= 11 is 0. The topological polar surface area (TPSA) is 49.3 Å². The van der Waals surface area contributed by atoms with Crippen LogP contribution >= 0.6 is 0 Å². The number of carbonyl (C=O) groups is 1. The Labute approximate surface area is 126 Å². The minimum Gasteiger partial charge on any atom is -0.384 e. The predicted molar refractivity (Wildman–Crippen MR) is 84.0 cm³/mol. The van der Waals surface area contributed by atoms with Crippen molar-refractivity contribution in [3.8, 4) is 11.8 Å². The lowest BCUT2D eigenvalue weighted by atomic mass is 10.0. The van der Waals surface area contributed by atoms with Crippen LogP contribution in [0.2, 0.25) is 0 Å². The summed E-state index contributed by atoms with van der Waals surface area (Å²) in [5.74, 6) is 6.76. The number of nitrogens with one attached hydrogen (secondary N) is 1. The third kappa shape index (κ3) is 4.34. The number of aliphatic hydroxyl groups excluding tert-OH is 1. The maximum atomic E-state index is 12.4. The van der Waals surface area contributed by atoms with E-state index >= 15 is 0 Å². The van der Waals surface area contributed by atoms with E-state index in [1.54, 1.807) is 0 Å². The first-order valence-electron chi connectivity index (χ1n) is 7.58. The fraction of sp³-hybridized carbons (Fsp3) is 0.500. The average Bonchev–Trinajstić information content (AvgIpc) is 2.89. The first-order valence-corrected chi connectivity index (χ1v) is 7.58. The average molecular weight is 285 g/mol. The Morgan fingerprint density at radius 1 is 1.43 bits per heavy atom. The molecule has 0 spiro atoms. The van der Waals surface area contributed by atoms with E-state index in [2.05, 4.69) is 24.1 Å². The monoisotopic (exact) mass is 285 g/mol. The van der Waals surface area contributed by atoms with Gasteiger partial charge in [-0.05, 0) is 43.7 Å². The minimum atomic E-state index is -0.200. The molecule has 3 nitrogen and oxygen atoms in total. The zero-order chi connectivity index (χ0) is 15.2. The molecular weight excluding hydrogens is 262 g/mol. The smallest absolute Gasteiger partial charge is 0.252 e. The van der Waals surface area contributed by atoms with E-state index in [-0.39, 0.29) is 12.5 Å². The largest absolute Gasteiger partial charge is 0.384 e. The highest BCUT2D eigenvalue weighted by Gasteiger charge is 2.22. The van der Waals surface area contributed by atoms with Crippen LogP contribution in [0.25, 0.3) is 0 Å². The van der Waals surface area contributed by atoms with Gasteiger partial charge < -0.3 is 10.4 Å². The van der Waals surface area contributed by atoms with Gasteiger partial charge in [-0.1, -0.05) is 36.8 Å². The molecule has 2 N–H and O–H groups in total. The van der Waals surface area contributed by atoms with Crippen LogP contribution in [-0.2, 0) is 0 Å². The van der Waals surface area contributed by atoms with Gasteiger partial charge in [0.2, 0.25) is 0 Å². The standard InChI is InChI=1S/C18H23NO2/c1-13-5-7-15(10-13)12-19-18(21)17-11-14(2)6-8-16(17)4-3-9-20/h6,8,11,13,15,20H,5,7,9-10,12H2,1-2H3,(H,19,21). The van der Waals surface area contributed by atoms with E-state index in [1.165, 1.54) is 19.3 Å². The Bertz CT molecular complexity index is 568. The van der Waals surface area contributed by atoms with Crippen LogP contribution in [0, 0.1) is 30.6 Å². The molecule has 1 aromatic rings. The highest BCUT2D eigenvalue weighted by molar-refractivity contribution is 5.96. The molecule has 0 saturated heterocycles. The van der Waals surface area contributed by atoms with Gasteiger partial charge in [0.05, 0.1) is 5.56 Å². The lowest BCUT2D eigenvalue weighted by molar-refractivity contribution is 0.0947. The summed E-state index contributed by atoms with van der Waals surface area (Å²) in [6.45, 7) is 4.77. The Kier molecular flexibility index (Phi) is 5.41. The number of amides is 1. The quantitative estimate of drug-likeness (QED) is 0.838. The normalized spacial score (nSPS) is 20.7. The van der Waals surface area contributed by atoms with Crippen molar-refractivity contribution >= 4 is 5.91 Å². The molecular formula is C18H23NO2. The first kappa shape index (κ1) is 15.6. The van der Waals surface area contributed by atoms with Gasteiger partial charge in [0.15, 0.2) is 0 Å². The molecule has 1 aliphatic rings. The molecule has 1 amide bonds. The molecule has 1 aliphatic carbocycles. The highest BCUT2D eigenvalue weighted by atomic mass is 16.2. The number of hydrogen-bond acceptors (Lipinski definition) is 2. The summed E-state index contributed by atoms with van der Waals surface area (Å²) in [5.41, 5.74) is 2.30. The molecule has 3 heteroatoms. The maximum absolute atomic E-state index is 12.4. The highest BCUT2D eigenvalue weighted by Crippen LogP contribution is 2.29. The Morgan fingerprint density at radius 2 is 2.24 bits per heavy atom. The molecule has 2 atom stereocenters. The molecule has 21 heavy (non-hydrogen) atoms. The Hall–Kier alpha value is -1.79. The zero-order valence-electron chi connectivity index (χ0n) is 12.8. The molecule has 112 valence electrons. The number of carbonyl (C=O) groups excluding carboxylic acids is 1. The number of rotatable bonds is 3. The Morgan fingerprint density at radius 3 is 2.90 bits per heavy atom. The molecule has 1 saturated carbocycles. The van der Waals surface area contributed by atoms with E-state index in [4.69, 9.17) is 5.11 Å². The van der Waals surface area contributed by atoms with E-state index in [9.17, 15) is 4.79 Å². The third-order valence-electron chi connectivity index (χ3n) is 4.08. The first-order chi connectivity index (χ1) is 10.1. The van der Waals surface area contributed by atoms with Gasteiger partial charge in [-0.15, -0.1) is 0 Å². The second-order valence-electron chi connectivity index (χ2n) is 6.00. The minimum absolute atomic E-state index is 0.0690. The van der Waals surface area contributed by atoms with Gasteiger partial charge in [-0.2, -0.15) is 0 Å². The van der Waals surface area contributed by atoms with Crippen LogP contribution in [0.4, 0.5) is 0 Å². The molecule has 0 bridgehead atoms. The van der Waals surface area contributed by atoms with Gasteiger partial charge >= 0.3 is 0 Å². The second-order valence-corrected chi connectivity index (χ2v) is 6.00. The summed E-state index contributed by atoms with van der Waals surface area (Å²) in [6.07, 6.45) is 3.66. The van der Waals surface area contributed by atoms with Gasteiger partial charge in [-0.3, -0.25) is 4.79 Å². The molecule has 1 aromatic carbocycles. The van der Waals surface area contributed by atoms with Crippen LogP contribution < -0.4 is 5.32 Å². The molecule has 0 heterocycles. The van der Waals surface area contributed by atoms with E-state index < -0.39 is 0 Å². The van der Waals surface area contributed by atoms with E-state index in [1.807, 2.05) is 25.1 Å². The van der Waals surface area contributed by atoms with Gasteiger partial charge in [0.25, 0.3) is 5.91 Å². The molecule has 0 radical (unpaired) electrons. The zero-order valence-corrected chi connectivity index (χ0v) is 12.8. The van der Waals surface area contributed by atoms with Gasteiger partial charge in [0, 0.05) is 12.1 Å². The fourth-order valence-corrected chi connectivity index (χ4v) is 2.93. The van der Waals surface area contributed by atoms with Crippen molar-refractivity contribution in [3.05, 3.63) is 34.9 Å². The summed E-state index contributed by atoms with van der Waals surface area (Å²) in [7, 11) is 0. The molecule has 1 fully saturated rings. The SMILES string of the molecule is Cc1ccc(C#CCO)c(C(=O)NCC2CCC(C)C2)c1. The fourth-order valence-electron chi connectivity index (χ4n) is 2.93. The number of hydrogen-bond donors (Lipinski definition) is 2. The van der Waals surface area contributed by atoms with Crippen LogP contribution in [0.5, 0.6) is 0 Å². The van der Waals surface area contributed by atoms with Crippen molar-refractivity contribution in [2.24, 2.45) is 11.8 Å². The van der Waals surface area contributed by atoms with Crippen LogP contribution in [0.3, 0.4) is 0 Å². The van der Waals surface area contributed by atoms with Crippen molar-refractivity contribution in [2.45, 2.75) is 33.1 Å².